The van der Waals surface area contributed by atoms with Gasteiger partial charge in [-0.15, -0.1) is 5.10 Å². The summed E-state index contributed by atoms with van der Waals surface area (Å²) in [5.74, 6) is 0.821. The Balaban J connectivity index is 1.59. The SMILES string of the molecule is CCc1cnn(-c2ccc(-n3cc(-c4ccc(OC)cc4)nn3)cc2)c1C. The first-order chi connectivity index (χ1) is 13.2. The quantitative estimate of drug-likeness (QED) is 0.540. The number of aryl methyl sites for hydroxylation is 1. The second-order valence-corrected chi connectivity index (χ2v) is 6.31. The molecule has 6 nitrogen and oxygen atoms in total. The average Bonchev–Trinajstić information content (AvgIpc) is 3.35. The van der Waals surface area contributed by atoms with Crippen molar-refractivity contribution in [3.05, 3.63) is 72.2 Å². The Hall–Kier alpha value is -3.41. The van der Waals surface area contributed by atoms with Gasteiger partial charge in [0.1, 0.15) is 11.4 Å². The highest BCUT2D eigenvalue weighted by atomic mass is 16.5. The minimum atomic E-state index is 0.817. The fraction of sp³-hybridized carbons (Fsp3) is 0.190. The van der Waals surface area contributed by atoms with Crippen LogP contribution in [0.5, 0.6) is 5.75 Å². The number of aromatic nitrogens is 5. The van der Waals surface area contributed by atoms with E-state index in [9.17, 15) is 0 Å². The van der Waals surface area contributed by atoms with Gasteiger partial charge in [0.2, 0.25) is 0 Å². The molecule has 0 aliphatic carbocycles. The van der Waals surface area contributed by atoms with Crippen LogP contribution >= 0.6 is 0 Å². The third kappa shape index (κ3) is 3.21. The number of benzene rings is 2. The van der Waals surface area contributed by atoms with Crippen molar-refractivity contribution in [2.24, 2.45) is 0 Å². The van der Waals surface area contributed by atoms with Gasteiger partial charge < -0.3 is 4.74 Å². The minimum Gasteiger partial charge on any atom is -0.497 e. The molecule has 4 rings (SSSR count). The van der Waals surface area contributed by atoms with E-state index in [4.69, 9.17) is 4.74 Å². The normalized spacial score (nSPS) is 10.9. The van der Waals surface area contributed by atoms with Crippen LogP contribution in [0, 0.1) is 6.92 Å². The molecule has 0 unspecified atom stereocenters. The molecule has 136 valence electrons. The van der Waals surface area contributed by atoms with Crippen molar-refractivity contribution in [3.8, 4) is 28.4 Å². The first kappa shape index (κ1) is 17.0. The van der Waals surface area contributed by atoms with Gasteiger partial charge in [0.05, 0.1) is 30.9 Å². The third-order valence-corrected chi connectivity index (χ3v) is 4.73. The first-order valence-corrected chi connectivity index (χ1v) is 8.90. The van der Waals surface area contributed by atoms with E-state index in [1.165, 1.54) is 11.3 Å². The third-order valence-electron chi connectivity index (χ3n) is 4.73. The van der Waals surface area contributed by atoms with E-state index >= 15 is 0 Å². The molecule has 0 fully saturated rings. The Morgan fingerprint density at radius 3 is 2.30 bits per heavy atom. The summed E-state index contributed by atoms with van der Waals surface area (Å²) in [5.41, 5.74) is 6.24. The van der Waals surface area contributed by atoms with Crippen LogP contribution in [0.1, 0.15) is 18.2 Å². The summed E-state index contributed by atoms with van der Waals surface area (Å²) < 4.78 is 8.94. The van der Waals surface area contributed by atoms with E-state index < -0.39 is 0 Å². The zero-order chi connectivity index (χ0) is 18.8. The number of ether oxygens (including phenoxy) is 1. The predicted octanol–water partition coefficient (Wildman–Crippen LogP) is 4.00. The zero-order valence-corrected chi connectivity index (χ0v) is 15.6. The monoisotopic (exact) mass is 359 g/mol. The summed E-state index contributed by atoms with van der Waals surface area (Å²) in [4.78, 5) is 0. The molecule has 0 spiro atoms. The lowest BCUT2D eigenvalue weighted by atomic mass is 10.1. The molecule has 0 saturated heterocycles. The lowest BCUT2D eigenvalue weighted by Gasteiger charge is -2.06. The van der Waals surface area contributed by atoms with E-state index in [1.807, 2.05) is 65.6 Å². The van der Waals surface area contributed by atoms with E-state index in [1.54, 1.807) is 11.8 Å². The molecule has 4 aromatic rings. The number of nitrogens with zero attached hydrogens (tertiary/aromatic N) is 5. The van der Waals surface area contributed by atoms with Crippen LogP contribution in [0.3, 0.4) is 0 Å². The van der Waals surface area contributed by atoms with Crippen LogP contribution in [0.15, 0.2) is 60.9 Å². The molecule has 0 aliphatic rings. The highest BCUT2D eigenvalue weighted by Gasteiger charge is 2.09. The second-order valence-electron chi connectivity index (χ2n) is 6.31. The number of methoxy groups -OCH3 is 1. The average molecular weight is 359 g/mol. The molecule has 6 heteroatoms. The van der Waals surface area contributed by atoms with E-state index in [0.29, 0.717) is 0 Å². The van der Waals surface area contributed by atoms with E-state index in [-0.39, 0.29) is 0 Å². The topological polar surface area (TPSA) is 57.8 Å². The molecule has 0 saturated carbocycles. The van der Waals surface area contributed by atoms with Crippen molar-refractivity contribution in [2.75, 3.05) is 7.11 Å². The molecule has 0 atom stereocenters. The Labute approximate surface area is 158 Å². The largest absolute Gasteiger partial charge is 0.497 e. The molecule has 0 N–H and O–H groups in total. The molecule has 0 amide bonds. The smallest absolute Gasteiger partial charge is 0.118 e. The highest BCUT2D eigenvalue weighted by molar-refractivity contribution is 5.59. The Morgan fingerprint density at radius 1 is 0.963 bits per heavy atom. The predicted molar refractivity (Wildman–Crippen MR) is 105 cm³/mol. The lowest BCUT2D eigenvalue weighted by molar-refractivity contribution is 0.415. The molecule has 2 aromatic carbocycles. The second kappa shape index (κ2) is 7.07. The van der Waals surface area contributed by atoms with Gasteiger partial charge in [-0.1, -0.05) is 12.1 Å². The van der Waals surface area contributed by atoms with Gasteiger partial charge in [0.25, 0.3) is 0 Å². The number of rotatable bonds is 5. The van der Waals surface area contributed by atoms with Crippen molar-refractivity contribution in [3.63, 3.8) is 0 Å². The van der Waals surface area contributed by atoms with Gasteiger partial charge in [-0.25, -0.2) is 9.36 Å². The fourth-order valence-electron chi connectivity index (χ4n) is 3.08. The Morgan fingerprint density at radius 2 is 1.67 bits per heavy atom. The first-order valence-electron chi connectivity index (χ1n) is 8.90. The molecule has 2 heterocycles. The maximum absolute atomic E-state index is 5.20. The van der Waals surface area contributed by atoms with Gasteiger partial charge >= 0.3 is 0 Å². The maximum atomic E-state index is 5.20. The molecule has 2 aromatic heterocycles. The summed E-state index contributed by atoms with van der Waals surface area (Å²) >= 11 is 0. The molecular formula is C21H21N5O. The van der Waals surface area contributed by atoms with Crippen LogP contribution < -0.4 is 4.74 Å². The minimum absolute atomic E-state index is 0.817. The van der Waals surface area contributed by atoms with Gasteiger partial charge in [-0.05, 0) is 67.4 Å². The van der Waals surface area contributed by atoms with Gasteiger partial charge in [0.15, 0.2) is 0 Å². The maximum Gasteiger partial charge on any atom is 0.118 e. The van der Waals surface area contributed by atoms with Crippen molar-refractivity contribution in [1.29, 1.82) is 0 Å². The molecule has 0 radical (unpaired) electrons. The van der Waals surface area contributed by atoms with Crippen molar-refractivity contribution in [2.45, 2.75) is 20.3 Å². The zero-order valence-electron chi connectivity index (χ0n) is 15.6. The summed E-state index contributed by atoms with van der Waals surface area (Å²) in [6.45, 7) is 4.24. The van der Waals surface area contributed by atoms with Crippen molar-refractivity contribution < 1.29 is 4.74 Å². The number of hydrogen-bond acceptors (Lipinski definition) is 4. The van der Waals surface area contributed by atoms with Crippen LogP contribution in [0.4, 0.5) is 0 Å². The molecular weight excluding hydrogens is 338 g/mol. The summed E-state index contributed by atoms with van der Waals surface area (Å²) in [7, 11) is 1.66. The standard InChI is InChI=1S/C21H21N5O/c1-4-16-13-22-26(15(16)2)19-9-7-18(8-10-19)25-14-21(23-24-25)17-5-11-20(27-3)12-6-17/h5-14H,4H2,1-3H3. The van der Waals surface area contributed by atoms with E-state index in [2.05, 4.69) is 29.3 Å². The van der Waals surface area contributed by atoms with Gasteiger partial charge in [-0.3, -0.25) is 0 Å². The summed E-state index contributed by atoms with van der Waals surface area (Å²) in [5, 5.41) is 13.0. The summed E-state index contributed by atoms with van der Waals surface area (Å²) in [6, 6.07) is 15.9. The van der Waals surface area contributed by atoms with Crippen LogP contribution in [-0.2, 0) is 6.42 Å². The van der Waals surface area contributed by atoms with Crippen molar-refractivity contribution in [1.82, 2.24) is 24.8 Å². The number of hydrogen-bond donors (Lipinski definition) is 0. The van der Waals surface area contributed by atoms with Gasteiger partial charge in [0, 0.05) is 11.3 Å². The van der Waals surface area contributed by atoms with Crippen LogP contribution in [0.25, 0.3) is 22.6 Å². The molecule has 27 heavy (non-hydrogen) atoms. The van der Waals surface area contributed by atoms with Crippen LogP contribution in [0.2, 0.25) is 0 Å². The lowest BCUT2D eigenvalue weighted by Crippen LogP contribution is -2.01. The highest BCUT2D eigenvalue weighted by Crippen LogP contribution is 2.22. The summed E-state index contributed by atoms with van der Waals surface area (Å²) in [6.07, 6.45) is 4.84. The fourth-order valence-corrected chi connectivity index (χ4v) is 3.08. The van der Waals surface area contributed by atoms with Crippen molar-refractivity contribution >= 4 is 0 Å². The van der Waals surface area contributed by atoms with Gasteiger partial charge in [-0.2, -0.15) is 5.10 Å². The van der Waals surface area contributed by atoms with Crippen LogP contribution in [-0.4, -0.2) is 31.9 Å². The van der Waals surface area contributed by atoms with E-state index in [0.717, 1.165) is 34.8 Å². The molecule has 0 aliphatic heterocycles. The molecule has 0 bridgehead atoms. The Bertz CT molecular complexity index is 1050. The Kier molecular flexibility index (Phi) is 4.46.